The average molecular weight is 295 g/mol. The van der Waals surface area contributed by atoms with E-state index in [9.17, 15) is 0 Å². The molecule has 0 saturated heterocycles. The number of benzene rings is 1. The molecule has 0 aliphatic rings. The summed E-state index contributed by atoms with van der Waals surface area (Å²) in [6, 6.07) is 9.04. The van der Waals surface area contributed by atoms with Crippen LogP contribution < -0.4 is 10.1 Å². The van der Waals surface area contributed by atoms with Crippen molar-refractivity contribution in [1.29, 1.82) is 0 Å². The van der Waals surface area contributed by atoms with Crippen molar-refractivity contribution in [3.8, 4) is 5.75 Å². The fraction of sp³-hybridized carbons (Fsp3) is 0.647. The molecule has 0 aliphatic heterocycles. The Kier molecular flexibility index (Phi) is 9.60. The maximum atomic E-state index is 5.64. The molecule has 0 aromatic heterocycles. The summed E-state index contributed by atoms with van der Waals surface area (Å²) in [4.78, 5) is 0. The number of hydrogen-bond acceptors (Lipinski definition) is 3. The fourth-order valence-corrected chi connectivity index (χ4v) is 2.95. The molecule has 20 heavy (non-hydrogen) atoms. The lowest BCUT2D eigenvalue weighted by Crippen LogP contribution is -2.24. The van der Waals surface area contributed by atoms with Gasteiger partial charge < -0.3 is 10.1 Å². The van der Waals surface area contributed by atoms with Gasteiger partial charge in [-0.25, -0.2) is 0 Å². The lowest BCUT2D eigenvalue weighted by molar-refractivity contribution is 0.317. The highest BCUT2D eigenvalue weighted by atomic mass is 32.2. The third kappa shape index (κ3) is 6.67. The second kappa shape index (κ2) is 11.0. The van der Waals surface area contributed by atoms with E-state index in [0.29, 0.717) is 6.04 Å². The summed E-state index contributed by atoms with van der Waals surface area (Å²) in [5.41, 5.74) is 1.37. The molecule has 114 valence electrons. The summed E-state index contributed by atoms with van der Waals surface area (Å²) in [6.07, 6.45) is 3.47. The summed E-state index contributed by atoms with van der Waals surface area (Å²) < 4.78 is 5.64. The molecular formula is C17H29NOS. The van der Waals surface area contributed by atoms with Gasteiger partial charge in [0.05, 0.1) is 6.61 Å². The lowest BCUT2D eigenvalue weighted by Gasteiger charge is -2.19. The van der Waals surface area contributed by atoms with Crippen molar-refractivity contribution in [2.75, 3.05) is 24.7 Å². The topological polar surface area (TPSA) is 21.3 Å². The zero-order valence-electron chi connectivity index (χ0n) is 13.2. The Labute approximate surface area is 128 Å². The zero-order chi connectivity index (χ0) is 14.6. The van der Waals surface area contributed by atoms with Crippen LogP contribution in [-0.2, 0) is 0 Å². The normalized spacial score (nSPS) is 12.3. The molecule has 1 atom stereocenters. The molecule has 0 amide bonds. The highest BCUT2D eigenvalue weighted by molar-refractivity contribution is 7.99. The molecule has 1 unspecified atom stereocenters. The maximum Gasteiger partial charge on any atom is 0.119 e. The van der Waals surface area contributed by atoms with Gasteiger partial charge in [0.15, 0.2) is 0 Å². The maximum absolute atomic E-state index is 5.64. The van der Waals surface area contributed by atoms with Crippen LogP contribution in [0, 0.1) is 0 Å². The number of thioether (sulfide) groups is 1. The predicted molar refractivity (Wildman–Crippen MR) is 90.9 cm³/mol. The molecule has 1 aromatic carbocycles. The number of rotatable bonds is 11. The van der Waals surface area contributed by atoms with Crippen LogP contribution >= 0.6 is 11.8 Å². The van der Waals surface area contributed by atoms with Gasteiger partial charge in [0, 0.05) is 11.8 Å². The third-order valence-corrected chi connectivity index (χ3v) is 4.29. The van der Waals surface area contributed by atoms with Gasteiger partial charge in [-0.3, -0.25) is 0 Å². The Bertz CT molecular complexity index is 339. The fourth-order valence-electron chi connectivity index (χ4n) is 1.95. The lowest BCUT2D eigenvalue weighted by atomic mass is 10.1. The van der Waals surface area contributed by atoms with Gasteiger partial charge in [-0.2, -0.15) is 11.8 Å². The Morgan fingerprint density at radius 1 is 1.05 bits per heavy atom. The molecule has 0 fully saturated rings. The van der Waals surface area contributed by atoms with Gasteiger partial charge in [0.1, 0.15) is 5.75 Å². The van der Waals surface area contributed by atoms with Crippen LogP contribution in [0.1, 0.15) is 51.6 Å². The SMILES string of the molecule is CCCNC(CSCCC)c1ccc(OCCC)cc1. The van der Waals surface area contributed by atoms with Crippen LogP contribution in [0.5, 0.6) is 5.75 Å². The minimum atomic E-state index is 0.451. The molecule has 3 heteroatoms. The van der Waals surface area contributed by atoms with Crippen LogP contribution in [0.15, 0.2) is 24.3 Å². The first-order chi connectivity index (χ1) is 9.81. The summed E-state index contributed by atoms with van der Waals surface area (Å²) in [5, 5.41) is 3.65. The average Bonchev–Trinajstić information content (AvgIpc) is 2.49. The van der Waals surface area contributed by atoms with Crippen LogP contribution in [0.4, 0.5) is 0 Å². The Morgan fingerprint density at radius 3 is 2.40 bits per heavy atom. The molecule has 0 bridgehead atoms. The van der Waals surface area contributed by atoms with Crippen molar-refractivity contribution in [3.63, 3.8) is 0 Å². The van der Waals surface area contributed by atoms with E-state index >= 15 is 0 Å². The van der Waals surface area contributed by atoms with E-state index in [4.69, 9.17) is 4.74 Å². The minimum absolute atomic E-state index is 0.451. The summed E-state index contributed by atoms with van der Waals surface area (Å²) in [5.74, 6) is 3.36. The first kappa shape index (κ1) is 17.4. The van der Waals surface area contributed by atoms with E-state index in [1.807, 2.05) is 11.8 Å². The monoisotopic (exact) mass is 295 g/mol. The molecule has 0 heterocycles. The highest BCUT2D eigenvalue weighted by Gasteiger charge is 2.10. The van der Waals surface area contributed by atoms with Crippen LogP contribution in [0.25, 0.3) is 0 Å². The van der Waals surface area contributed by atoms with E-state index in [0.717, 1.165) is 31.1 Å². The second-order valence-electron chi connectivity index (χ2n) is 5.00. The van der Waals surface area contributed by atoms with Crippen molar-refractivity contribution < 1.29 is 4.74 Å². The molecule has 1 aromatic rings. The highest BCUT2D eigenvalue weighted by Crippen LogP contribution is 2.22. The molecule has 1 N–H and O–H groups in total. The van der Waals surface area contributed by atoms with Crippen LogP contribution in [-0.4, -0.2) is 24.7 Å². The molecule has 1 rings (SSSR count). The summed E-state index contributed by atoms with van der Waals surface area (Å²) >= 11 is 2.03. The van der Waals surface area contributed by atoms with Gasteiger partial charge in [-0.15, -0.1) is 0 Å². The Morgan fingerprint density at radius 2 is 1.80 bits per heavy atom. The molecule has 0 spiro atoms. The standard InChI is InChI=1S/C17H29NOS/c1-4-11-18-17(14-20-13-6-3)15-7-9-16(10-8-15)19-12-5-2/h7-10,17-18H,4-6,11-14H2,1-3H3. The number of nitrogens with one attached hydrogen (secondary N) is 1. The molecule has 2 nitrogen and oxygen atoms in total. The summed E-state index contributed by atoms with van der Waals surface area (Å²) in [6.45, 7) is 8.45. The largest absolute Gasteiger partial charge is 0.494 e. The van der Waals surface area contributed by atoms with E-state index < -0.39 is 0 Å². The van der Waals surface area contributed by atoms with Gasteiger partial charge in [-0.05, 0) is 49.3 Å². The van der Waals surface area contributed by atoms with Crippen molar-refractivity contribution in [3.05, 3.63) is 29.8 Å². The molecular weight excluding hydrogens is 266 g/mol. The number of ether oxygens (including phenoxy) is 1. The van der Waals surface area contributed by atoms with Gasteiger partial charge >= 0.3 is 0 Å². The van der Waals surface area contributed by atoms with Crippen molar-refractivity contribution in [2.24, 2.45) is 0 Å². The van der Waals surface area contributed by atoms with Crippen LogP contribution in [0.3, 0.4) is 0 Å². The van der Waals surface area contributed by atoms with E-state index in [-0.39, 0.29) is 0 Å². The second-order valence-corrected chi connectivity index (χ2v) is 6.15. The van der Waals surface area contributed by atoms with E-state index in [1.54, 1.807) is 0 Å². The van der Waals surface area contributed by atoms with Crippen molar-refractivity contribution in [2.45, 2.75) is 46.1 Å². The molecule has 0 aliphatic carbocycles. The smallest absolute Gasteiger partial charge is 0.119 e. The zero-order valence-corrected chi connectivity index (χ0v) is 14.0. The van der Waals surface area contributed by atoms with Crippen LogP contribution in [0.2, 0.25) is 0 Å². The predicted octanol–water partition coefficient (Wildman–Crippen LogP) is 4.66. The Hall–Kier alpha value is -0.670. The molecule has 0 saturated carbocycles. The Balaban J connectivity index is 2.58. The summed E-state index contributed by atoms with van der Waals surface area (Å²) in [7, 11) is 0. The molecule has 0 radical (unpaired) electrons. The quantitative estimate of drug-likeness (QED) is 0.600. The third-order valence-electron chi connectivity index (χ3n) is 3.03. The van der Waals surface area contributed by atoms with Gasteiger partial charge in [-0.1, -0.05) is 32.9 Å². The minimum Gasteiger partial charge on any atom is -0.494 e. The van der Waals surface area contributed by atoms with E-state index in [2.05, 4.69) is 50.4 Å². The van der Waals surface area contributed by atoms with E-state index in [1.165, 1.54) is 24.2 Å². The first-order valence-electron chi connectivity index (χ1n) is 7.85. The first-order valence-corrected chi connectivity index (χ1v) is 9.01. The van der Waals surface area contributed by atoms with Gasteiger partial charge in [0.2, 0.25) is 0 Å². The van der Waals surface area contributed by atoms with Gasteiger partial charge in [0.25, 0.3) is 0 Å². The van der Waals surface area contributed by atoms with Crippen molar-refractivity contribution in [1.82, 2.24) is 5.32 Å². The number of hydrogen-bond donors (Lipinski definition) is 1. The van der Waals surface area contributed by atoms with Crippen molar-refractivity contribution >= 4 is 11.8 Å².